The molecule has 3 heterocycles. The first kappa shape index (κ1) is 22.3. The summed E-state index contributed by atoms with van der Waals surface area (Å²) in [5.41, 5.74) is 3.15. The SMILES string of the molecule is O=C(Nc1ccc(F)cc1)N1CCN(C(=O)c2cn(-c3ccccc3)nc2-c2cccnc2)CC1. The number of amides is 3. The molecule has 0 spiro atoms. The van der Waals surface area contributed by atoms with E-state index >= 15 is 0 Å². The molecule has 0 bridgehead atoms. The van der Waals surface area contributed by atoms with E-state index in [1.54, 1.807) is 33.1 Å². The van der Waals surface area contributed by atoms with Crippen molar-refractivity contribution in [3.63, 3.8) is 0 Å². The van der Waals surface area contributed by atoms with Crippen LogP contribution in [0, 0.1) is 5.82 Å². The Balaban J connectivity index is 1.32. The van der Waals surface area contributed by atoms with E-state index in [0.717, 1.165) is 11.3 Å². The summed E-state index contributed by atoms with van der Waals surface area (Å²) in [5.74, 6) is -0.513. The van der Waals surface area contributed by atoms with Crippen LogP contribution in [0.15, 0.2) is 85.3 Å². The predicted octanol–water partition coefficient (Wildman–Crippen LogP) is 4.06. The van der Waals surface area contributed by atoms with Crippen LogP contribution in [-0.2, 0) is 0 Å². The highest BCUT2D eigenvalue weighted by molar-refractivity contribution is 6.00. The monoisotopic (exact) mass is 470 g/mol. The number of nitrogens with zero attached hydrogens (tertiary/aromatic N) is 5. The maximum atomic E-state index is 13.5. The van der Waals surface area contributed by atoms with E-state index in [9.17, 15) is 14.0 Å². The van der Waals surface area contributed by atoms with E-state index < -0.39 is 0 Å². The number of para-hydroxylation sites is 1. The summed E-state index contributed by atoms with van der Waals surface area (Å²) in [6.07, 6.45) is 5.11. The molecule has 9 heteroatoms. The van der Waals surface area contributed by atoms with Crippen molar-refractivity contribution < 1.29 is 14.0 Å². The maximum absolute atomic E-state index is 13.5. The summed E-state index contributed by atoms with van der Waals surface area (Å²) in [6.45, 7) is 1.54. The van der Waals surface area contributed by atoms with Gasteiger partial charge in [-0.3, -0.25) is 9.78 Å². The molecule has 1 N–H and O–H groups in total. The van der Waals surface area contributed by atoms with Crippen LogP contribution in [0.2, 0.25) is 0 Å². The lowest BCUT2D eigenvalue weighted by atomic mass is 10.1. The number of nitrogens with one attached hydrogen (secondary N) is 1. The first-order chi connectivity index (χ1) is 17.1. The largest absolute Gasteiger partial charge is 0.335 e. The fourth-order valence-electron chi connectivity index (χ4n) is 3.98. The average molecular weight is 471 g/mol. The Bertz CT molecular complexity index is 1320. The number of halogens is 1. The van der Waals surface area contributed by atoms with Crippen LogP contribution in [0.4, 0.5) is 14.9 Å². The van der Waals surface area contributed by atoms with Crippen molar-refractivity contribution in [3.05, 3.63) is 96.7 Å². The first-order valence-electron chi connectivity index (χ1n) is 11.2. The molecule has 2 aromatic heterocycles. The number of hydrogen-bond acceptors (Lipinski definition) is 4. The highest BCUT2D eigenvalue weighted by Gasteiger charge is 2.28. The van der Waals surface area contributed by atoms with Crippen LogP contribution in [0.5, 0.6) is 0 Å². The molecule has 0 atom stereocenters. The van der Waals surface area contributed by atoms with Crippen molar-refractivity contribution in [2.24, 2.45) is 0 Å². The van der Waals surface area contributed by atoms with Gasteiger partial charge in [-0.2, -0.15) is 5.10 Å². The molecule has 0 radical (unpaired) electrons. The molecule has 1 saturated heterocycles. The number of urea groups is 1. The predicted molar refractivity (Wildman–Crippen MR) is 130 cm³/mol. The van der Waals surface area contributed by atoms with Crippen LogP contribution >= 0.6 is 0 Å². The molecule has 5 rings (SSSR count). The summed E-state index contributed by atoms with van der Waals surface area (Å²) in [7, 11) is 0. The Morgan fingerprint density at radius 2 is 1.57 bits per heavy atom. The van der Waals surface area contributed by atoms with Crippen molar-refractivity contribution in [1.82, 2.24) is 24.6 Å². The third kappa shape index (κ3) is 4.89. The van der Waals surface area contributed by atoms with Crippen LogP contribution in [0.1, 0.15) is 10.4 Å². The summed E-state index contributed by atoms with van der Waals surface area (Å²) in [6, 6.07) is 18.6. The molecule has 35 heavy (non-hydrogen) atoms. The molecule has 0 aliphatic carbocycles. The number of benzene rings is 2. The first-order valence-corrected chi connectivity index (χ1v) is 11.2. The Morgan fingerprint density at radius 1 is 0.857 bits per heavy atom. The summed E-state index contributed by atoms with van der Waals surface area (Å²) >= 11 is 0. The molecule has 176 valence electrons. The number of carbonyl (C=O) groups is 2. The molecule has 1 aliphatic rings. The second kappa shape index (κ2) is 9.76. The Morgan fingerprint density at radius 3 is 2.26 bits per heavy atom. The van der Waals surface area contributed by atoms with Gasteiger partial charge < -0.3 is 15.1 Å². The van der Waals surface area contributed by atoms with E-state index in [-0.39, 0.29) is 17.8 Å². The summed E-state index contributed by atoms with van der Waals surface area (Å²) in [4.78, 5) is 33.7. The lowest BCUT2D eigenvalue weighted by Gasteiger charge is -2.34. The third-order valence-electron chi connectivity index (χ3n) is 5.85. The minimum atomic E-state index is -0.364. The van der Waals surface area contributed by atoms with Crippen molar-refractivity contribution >= 4 is 17.6 Å². The third-order valence-corrected chi connectivity index (χ3v) is 5.85. The molecular weight excluding hydrogens is 447 g/mol. The van der Waals surface area contributed by atoms with Gasteiger partial charge in [-0.15, -0.1) is 0 Å². The summed E-state index contributed by atoms with van der Waals surface area (Å²) in [5, 5.41) is 7.45. The van der Waals surface area contributed by atoms with Crippen molar-refractivity contribution in [2.45, 2.75) is 0 Å². The molecule has 2 aromatic carbocycles. The number of aromatic nitrogens is 3. The molecule has 1 aliphatic heterocycles. The van der Waals surface area contributed by atoms with Gasteiger partial charge in [0.2, 0.25) is 0 Å². The maximum Gasteiger partial charge on any atom is 0.321 e. The smallest absolute Gasteiger partial charge is 0.321 e. The molecule has 1 fully saturated rings. The van der Waals surface area contributed by atoms with Gasteiger partial charge in [0.25, 0.3) is 5.91 Å². The van der Waals surface area contributed by atoms with Crippen LogP contribution in [0.25, 0.3) is 16.9 Å². The van der Waals surface area contributed by atoms with Crippen molar-refractivity contribution in [1.29, 1.82) is 0 Å². The van der Waals surface area contributed by atoms with E-state index in [1.165, 1.54) is 24.3 Å². The molecule has 0 unspecified atom stereocenters. The Hall–Kier alpha value is -4.53. The number of anilines is 1. The zero-order chi connectivity index (χ0) is 24.2. The Kier molecular flexibility index (Phi) is 6.21. The number of rotatable bonds is 4. The molecule has 0 saturated carbocycles. The van der Waals surface area contributed by atoms with Gasteiger partial charge in [0.15, 0.2) is 0 Å². The van der Waals surface area contributed by atoms with Crippen molar-refractivity contribution in [2.75, 3.05) is 31.5 Å². The van der Waals surface area contributed by atoms with E-state index in [2.05, 4.69) is 10.3 Å². The van der Waals surface area contributed by atoms with Gasteiger partial charge in [0.1, 0.15) is 11.5 Å². The normalized spacial score (nSPS) is 13.5. The lowest BCUT2D eigenvalue weighted by Crippen LogP contribution is -2.51. The van der Waals surface area contributed by atoms with Gasteiger partial charge in [0.05, 0.1) is 11.3 Å². The molecule has 4 aromatic rings. The lowest BCUT2D eigenvalue weighted by molar-refractivity contribution is 0.0672. The minimum absolute atomic E-state index is 0.148. The van der Waals surface area contributed by atoms with Crippen LogP contribution in [-0.4, -0.2) is 62.7 Å². The molecule has 3 amide bonds. The van der Waals surface area contributed by atoms with E-state index in [4.69, 9.17) is 5.10 Å². The zero-order valence-electron chi connectivity index (χ0n) is 18.8. The second-order valence-electron chi connectivity index (χ2n) is 8.13. The van der Waals surface area contributed by atoms with Gasteiger partial charge >= 0.3 is 6.03 Å². The van der Waals surface area contributed by atoms with Gasteiger partial charge in [-0.1, -0.05) is 18.2 Å². The zero-order valence-corrected chi connectivity index (χ0v) is 18.8. The van der Waals surface area contributed by atoms with Gasteiger partial charge in [-0.25, -0.2) is 13.9 Å². The number of hydrogen-bond donors (Lipinski definition) is 1. The topological polar surface area (TPSA) is 83.4 Å². The average Bonchev–Trinajstić information content (AvgIpc) is 3.36. The van der Waals surface area contributed by atoms with Crippen molar-refractivity contribution in [3.8, 4) is 16.9 Å². The standard InChI is InChI=1S/C26H23FN6O2/c27-20-8-10-21(11-9-20)29-26(35)32-15-13-31(14-16-32)25(34)23-18-33(22-6-2-1-3-7-22)30-24(23)19-5-4-12-28-17-19/h1-12,17-18H,13-16H2,(H,29,35). The minimum Gasteiger partial charge on any atom is -0.335 e. The fourth-order valence-corrected chi connectivity index (χ4v) is 3.98. The highest BCUT2D eigenvalue weighted by atomic mass is 19.1. The number of piperazine rings is 1. The quantitative estimate of drug-likeness (QED) is 0.488. The second-order valence-corrected chi connectivity index (χ2v) is 8.13. The molecular formula is C26H23FN6O2. The van der Waals surface area contributed by atoms with E-state index in [0.29, 0.717) is 43.1 Å². The fraction of sp³-hybridized carbons (Fsp3) is 0.154. The summed E-state index contributed by atoms with van der Waals surface area (Å²) < 4.78 is 14.8. The number of pyridine rings is 1. The van der Waals surface area contributed by atoms with Crippen LogP contribution in [0.3, 0.4) is 0 Å². The van der Waals surface area contributed by atoms with Gasteiger partial charge in [0, 0.05) is 56.0 Å². The number of carbonyl (C=O) groups excluding carboxylic acids is 2. The van der Waals surface area contributed by atoms with Crippen LogP contribution < -0.4 is 5.32 Å². The Labute approximate surface area is 201 Å². The highest BCUT2D eigenvalue weighted by Crippen LogP contribution is 2.25. The molecule has 8 nitrogen and oxygen atoms in total. The van der Waals surface area contributed by atoms with E-state index in [1.807, 2.05) is 42.5 Å². The van der Waals surface area contributed by atoms with Gasteiger partial charge in [-0.05, 0) is 48.5 Å².